The standard InChI is InChI=1S/C17H20ClN3O2/c1-11(2)17(9-12-5-3-4-6-13(12)18)15-14(19-10-20-15)7-8-21(17)16(22)23/h3-6,10-11H,7-9H2,1-2H3,(H,19,20)(H,22,23). The van der Waals surface area contributed by atoms with E-state index < -0.39 is 11.6 Å². The van der Waals surface area contributed by atoms with Crippen molar-refractivity contribution in [2.75, 3.05) is 6.54 Å². The van der Waals surface area contributed by atoms with E-state index in [2.05, 4.69) is 9.97 Å². The van der Waals surface area contributed by atoms with Gasteiger partial charge >= 0.3 is 6.09 Å². The van der Waals surface area contributed by atoms with Gasteiger partial charge in [-0.2, -0.15) is 0 Å². The number of aromatic nitrogens is 2. The number of amides is 1. The van der Waals surface area contributed by atoms with Crippen LogP contribution in [0.15, 0.2) is 30.6 Å². The Kier molecular flexibility index (Phi) is 4.06. The van der Waals surface area contributed by atoms with Crippen LogP contribution in [0, 0.1) is 5.92 Å². The van der Waals surface area contributed by atoms with Gasteiger partial charge in [-0.15, -0.1) is 0 Å². The third-order valence-electron chi connectivity index (χ3n) is 4.80. The third kappa shape index (κ3) is 2.49. The molecule has 6 heteroatoms. The van der Waals surface area contributed by atoms with Crippen LogP contribution in [0.5, 0.6) is 0 Å². The van der Waals surface area contributed by atoms with Gasteiger partial charge in [0.15, 0.2) is 0 Å². The Morgan fingerprint density at radius 1 is 1.48 bits per heavy atom. The van der Waals surface area contributed by atoms with E-state index in [1.807, 2.05) is 38.1 Å². The molecule has 1 aliphatic heterocycles. The fourth-order valence-electron chi connectivity index (χ4n) is 3.60. The van der Waals surface area contributed by atoms with Crippen LogP contribution in [0.3, 0.4) is 0 Å². The van der Waals surface area contributed by atoms with Gasteiger partial charge in [0, 0.05) is 30.1 Å². The van der Waals surface area contributed by atoms with E-state index in [4.69, 9.17) is 11.6 Å². The predicted octanol–water partition coefficient (Wildman–Crippen LogP) is 3.69. The molecule has 23 heavy (non-hydrogen) atoms. The number of rotatable bonds is 3. The molecule has 3 rings (SSSR count). The molecule has 0 spiro atoms. The molecule has 0 aliphatic carbocycles. The Balaban J connectivity index is 2.17. The van der Waals surface area contributed by atoms with Gasteiger partial charge in [-0.25, -0.2) is 9.78 Å². The van der Waals surface area contributed by atoms with Gasteiger partial charge in [-0.05, 0) is 17.5 Å². The van der Waals surface area contributed by atoms with Gasteiger partial charge in [-0.1, -0.05) is 43.6 Å². The molecule has 5 nitrogen and oxygen atoms in total. The first-order valence-electron chi connectivity index (χ1n) is 7.73. The summed E-state index contributed by atoms with van der Waals surface area (Å²) < 4.78 is 0. The van der Waals surface area contributed by atoms with Crippen molar-refractivity contribution in [3.8, 4) is 0 Å². The lowest BCUT2D eigenvalue weighted by Crippen LogP contribution is -2.57. The maximum atomic E-state index is 11.9. The molecule has 2 N–H and O–H groups in total. The maximum absolute atomic E-state index is 11.9. The maximum Gasteiger partial charge on any atom is 0.408 e. The van der Waals surface area contributed by atoms with Crippen LogP contribution in [-0.2, 0) is 18.4 Å². The minimum absolute atomic E-state index is 0.0530. The molecule has 0 radical (unpaired) electrons. The molecule has 0 saturated heterocycles. The second kappa shape index (κ2) is 5.89. The van der Waals surface area contributed by atoms with E-state index >= 15 is 0 Å². The zero-order valence-electron chi connectivity index (χ0n) is 13.2. The summed E-state index contributed by atoms with van der Waals surface area (Å²) in [5.74, 6) is 0.0530. The summed E-state index contributed by atoms with van der Waals surface area (Å²) in [4.78, 5) is 21.1. The fraction of sp³-hybridized carbons (Fsp3) is 0.412. The highest BCUT2D eigenvalue weighted by Gasteiger charge is 2.49. The van der Waals surface area contributed by atoms with E-state index in [-0.39, 0.29) is 5.92 Å². The summed E-state index contributed by atoms with van der Waals surface area (Å²) in [6.45, 7) is 4.53. The van der Waals surface area contributed by atoms with E-state index in [0.717, 1.165) is 17.0 Å². The number of benzene rings is 1. The zero-order chi connectivity index (χ0) is 16.6. The number of carboxylic acid groups (broad SMARTS) is 1. The molecule has 1 aromatic carbocycles. The fourth-order valence-corrected chi connectivity index (χ4v) is 3.80. The van der Waals surface area contributed by atoms with Gasteiger partial charge in [0.25, 0.3) is 0 Å². The molecule has 1 atom stereocenters. The van der Waals surface area contributed by atoms with Crippen molar-refractivity contribution in [2.45, 2.75) is 32.2 Å². The minimum atomic E-state index is -0.917. The lowest BCUT2D eigenvalue weighted by molar-refractivity contribution is 0.0309. The van der Waals surface area contributed by atoms with Crippen molar-refractivity contribution in [3.63, 3.8) is 0 Å². The molecule has 0 fully saturated rings. The number of H-pyrrole nitrogens is 1. The molecule has 1 aromatic heterocycles. The van der Waals surface area contributed by atoms with Crippen molar-refractivity contribution in [3.05, 3.63) is 52.6 Å². The summed E-state index contributed by atoms with van der Waals surface area (Å²) in [6, 6.07) is 7.59. The van der Waals surface area contributed by atoms with E-state index in [0.29, 0.717) is 24.4 Å². The predicted molar refractivity (Wildman–Crippen MR) is 88.7 cm³/mol. The SMILES string of the molecule is CC(C)C1(Cc2ccccc2Cl)c2nc[nH]c2CCN1C(=O)O. The highest BCUT2D eigenvalue weighted by molar-refractivity contribution is 6.31. The lowest BCUT2D eigenvalue weighted by Gasteiger charge is -2.47. The highest BCUT2D eigenvalue weighted by atomic mass is 35.5. The van der Waals surface area contributed by atoms with Gasteiger partial charge in [0.1, 0.15) is 0 Å². The first-order chi connectivity index (χ1) is 11.0. The molecule has 1 aliphatic rings. The van der Waals surface area contributed by atoms with Crippen LogP contribution in [0.4, 0.5) is 4.79 Å². The molecular formula is C17H20ClN3O2. The van der Waals surface area contributed by atoms with Crippen LogP contribution in [0.25, 0.3) is 0 Å². The molecule has 1 unspecified atom stereocenters. The summed E-state index contributed by atoms with van der Waals surface area (Å²) in [7, 11) is 0. The molecule has 0 saturated carbocycles. The Morgan fingerprint density at radius 2 is 2.22 bits per heavy atom. The number of nitrogens with one attached hydrogen (secondary N) is 1. The Labute approximate surface area is 140 Å². The normalized spacial score (nSPS) is 20.6. The van der Waals surface area contributed by atoms with E-state index in [1.165, 1.54) is 4.90 Å². The zero-order valence-corrected chi connectivity index (χ0v) is 14.0. The summed E-state index contributed by atoms with van der Waals surface area (Å²) >= 11 is 6.34. The molecule has 1 amide bonds. The summed E-state index contributed by atoms with van der Waals surface area (Å²) in [6.07, 6.45) is 1.90. The monoisotopic (exact) mass is 333 g/mol. The largest absolute Gasteiger partial charge is 0.465 e. The highest BCUT2D eigenvalue weighted by Crippen LogP contribution is 2.43. The average Bonchev–Trinajstić information content (AvgIpc) is 2.98. The molecular weight excluding hydrogens is 314 g/mol. The minimum Gasteiger partial charge on any atom is -0.465 e. The third-order valence-corrected chi connectivity index (χ3v) is 5.17. The number of fused-ring (bicyclic) bond motifs is 1. The van der Waals surface area contributed by atoms with Gasteiger partial charge < -0.3 is 10.1 Å². The first kappa shape index (κ1) is 15.9. The molecule has 2 heterocycles. The topological polar surface area (TPSA) is 69.2 Å². The van der Waals surface area contributed by atoms with Crippen LogP contribution < -0.4 is 0 Å². The van der Waals surface area contributed by atoms with Crippen molar-refractivity contribution in [2.24, 2.45) is 5.92 Å². The van der Waals surface area contributed by atoms with E-state index in [1.54, 1.807) is 6.33 Å². The number of imidazole rings is 1. The number of nitrogens with zero attached hydrogens (tertiary/aromatic N) is 2. The number of hydrogen-bond acceptors (Lipinski definition) is 2. The number of carbonyl (C=O) groups is 1. The van der Waals surface area contributed by atoms with Gasteiger partial charge in [0.05, 0.1) is 17.6 Å². The Morgan fingerprint density at radius 3 is 2.87 bits per heavy atom. The molecule has 122 valence electrons. The number of hydrogen-bond donors (Lipinski definition) is 2. The second-order valence-electron chi connectivity index (χ2n) is 6.26. The van der Waals surface area contributed by atoms with Crippen LogP contribution in [-0.4, -0.2) is 32.6 Å². The van der Waals surface area contributed by atoms with E-state index in [9.17, 15) is 9.90 Å². The second-order valence-corrected chi connectivity index (χ2v) is 6.67. The van der Waals surface area contributed by atoms with Gasteiger partial charge in [0.2, 0.25) is 0 Å². The Bertz CT molecular complexity index is 728. The van der Waals surface area contributed by atoms with Crippen molar-refractivity contribution < 1.29 is 9.90 Å². The van der Waals surface area contributed by atoms with Crippen LogP contribution in [0.2, 0.25) is 5.02 Å². The van der Waals surface area contributed by atoms with Gasteiger partial charge in [-0.3, -0.25) is 4.90 Å². The lowest BCUT2D eigenvalue weighted by atomic mass is 9.74. The van der Waals surface area contributed by atoms with Crippen molar-refractivity contribution >= 4 is 17.7 Å². The smallest absolute Gasteiger partial charge is 0.408 e. The average molecular weight is 334 g/mol. The molecule has 0 bridgehead atoms. The summed E-state index contributed by atoms with van der Waals surface area (Å²) in [5.41, 5.74) is 2.05. The quantitative estimate of drug-likeness (QED) is 0.900. The first-order valence-corrected chi connectivity index (χ1v) is 8.11. The summed E-state index contributed by atoms with van der Waals surface area (Å²) in [5, 5.41) is 10.4. The number of halogens is 1. The van der Waals surface area contributed by atoms with Crippen LogP contribution >= 0.6 is 11.6 Å². The van der Waals surface area contributed by atoms with Crippen LogP contribution in [0.1, 0.15) is 30.8 Å². The van der Waals surface area contributed by atoms with Crippen molar-refractivity contribution in [1.29, 1.82) is 0 Å². The Hall–Kier alpha value is -2.01. The number of aromatic amines is 1. The van der Waals surface area contributed by atoms with Crippen molar-refractivity contribution in [1.82, 2.24) is 14.9 Å². The molecule has 2 aromatic rings.